The number of piperazine rings is 3. The molecule has 40 heteroatoms. The first kappa shape index (κ1) is 86.4. The standard InChI is InChI=1S/C29H30ClN9O4.C29H34ClN9O4.C29H29ClN8O3/c1-40-22-14-18(30)21(15-23(22)41-2)43-27-16-24(32-17-25-33-19-6-4-5-7-20(19)34-25)35-29(37-27)39-12-10-38(11-13-39)28-31-9-8-26(36-28)42-3;1-41-23-14-19(30)22(15-24(23)42-2)43-28-16-25(31-17-26-33-20-6-3-4-7-21(20)34-26)35-29(36-28)37-10-12-38(13-11-37)39-9-5-8-27(40)32-18-39;1-39-24-15-20(30)23(16-25(24)40-2)41-28-17-26(32-18-27-33-21-5-3-4-6-22(21)34-27)35-29(36-28)38-13-11-37(12-14-38)19-7-9-31-10-8-19/h4-9,14-16H,10-13,17H2,1-3H3,(H,33,34)(H,32,35,37);3-4,6-7,14-16H,5,8-13,17-18H2,1-2H3,(H,32,40)(H,33,34)(H,31,35,36);3-10,15-17H,11-14,18H2,1-2H3,(H,33,34)(H,32,35,36). The van der Waals surface area contributed by atoms with Crippen LogP contribution < -0.4 is 93.1 Å². The van der Waals surface area contributed by atoms with Crippen LogP contribution in [0.2, 0.25) is 15.1 Å². The minimum atomic E-state index is 0.101. The number of halogens is 3. The summed E-state index contributed by atoms with van der Waals surface area (Å²) in [5, 5.41) is 18.6. The van der Waals surface area contributed by atoms with Gasteiger partial charge in [0.1, 0.15) is 34.9 Å². The number of rotatable bonds is 28. The van der Waals surface area contributed by atoms with Gasteiger partial charge in [-0.2, -0.15) is 34.9 Å². The number of imidazole rings is 3. The number of carbonyl (C=O) groups is 1. The molecule has 14 aromatic rings. The summed E-state index contributed by atoms with van der Waals surface area (Å²) in [5.41, 5.74) is 6.77. The van der Waals surface area contributed by atoms with Gasteiger partial charge in [0.05, 0.1) is 124 Å². The van der Waals surface area contributed by atoms with E-state index in [4.69, 9.17) is 112 Å². The molecule has 0 radical (unpaired) electrons. The van der Waals surface area contributed by atoms with E-state index in [1.165, 1.54) is 0 Å². The Morgan fingerprint density at radius 2 is 0.701 bits per heavy atom. The summed E-state index contributed by atoms with van der Waals surface area (Å²) < 4.78 is 56.2. The van der Waals surface area contributed by atoms with Gasteiger partial charge in [-0.3, -0.25) is 9.78 Å². The Morgan fingerprint density at radius 1 is 0.346 bits per heavy atom. The van der Waals surface area contributed by atoms with Gasteiger partial charge in [0.15, 0.2) is 51.7 Å². The van der Waals surface area contributed by atoms with E-state index in [0.29, 0.717) is 204 Å². The third-order valence-corrected chi connectivity index (χ3v) is 22.0. The number of hydrazine groups is 1. The van der Waals surface area contributed by atoms with E-state index < -0.39 is 0 Å². The van der Waals surface area contributed by atoms with Gasteiger partial charge in [0, 0.05) is 176 Å². The zero-order valence-corrected chi connectivity index (χ0v) is 72.9. The van der Waals surface area contributed by atoms with Crippen LogP contribution in [0.25, 0.3) is 33.1 Å². The zero-order valence-electron chi connectivity index (χ0n) is 70.6. The molecule has 8 aromatic heterocycles. The summed E-state index contributed by atoms with van der Waals surface area (Å²) in [4.78, 5) is 88.2. The maximum Gasteiger partial charge on any atom is 0.230 e. The number of amides is 1. The van der Waals surface area contributed by atoms with Crippen molar-refractivity contribution in [3.05, 3.63) is 197 Å². The molecule has 12 heterocycles. The highest BCUT2D eigenvalue weighted by molar-refractivity contribution is 6.33. The maximum absolute atomic E-state index is 11.8. The number of fused-ring (bicyclic) bond motifs is 3. The van der Waals surface area contributed by atoms with Crippen LogP contribution in [0.15, 0.2) is 164 Å². The summed E-state index contributed by atoms with van der Waals surface area (Å²) in [5.74, 6) is 12.0. The van der Waals surface area contributed by atoms with E-state index in [1.807, 2.05) is 97.3 Å². The number of anilines is 8. The predicted molar refractivity (Wildman–Crippen MR) is 485 cm³/mol. The monoisotopic (exact) mass is 1780 g/mol. The predicted octanol–water partition coefficient (Wildman–Crippen LogP) is 13.3. The van der Waals surface area contributed by atoms with E-state index in [2.05, 4.69) is 101 Å². The molecule has 0 unspecified atom stereocenters. The summed E-state index contributed by atoms with van der Waals surface area (Å²) in [6, 6.07) is 44.6. The van der Waals surface area contributed by atoms with E-state index in [-0.39, 0.29) is 5.91 Å². The van der Waals surface area contributed by atoms with Gasteiger partial charge in [0.25, 0.3) is 0 Å². The zero-order chi connectivity index (χ0) is 87.7. The van der Waals surface area contributed by atoms with Crippen molar-refractivity contribution in [2.24, 2.45) is 0 Å². The van der Waals surface area contributed by atoms with Crippen molar-refractivity contribution in [3.8, 4) is 75.3 Å². The number of aromatic amines is 3. The average molecular weight is 1790 g/mol. The number of aromatic nitrogens is 15. The number of nitrogens with zero attached hydrogens (tertiary/aromatic N) is 19. The molecule has 6 aromatic carbocycles. The number of ether oxygens (including phenoxy) is 10. The minimum Gasteiger partial charge on any atom is -0.493 e. The Morgan fingerprint density at radius 3 is 1.08 bits per heavy atom. The number of methoxy groups -OCH3 is 7. The molecule has 0 bridgehead atoms. The van der Waals surface area contributed by atoms with Crippen molar-refractivity contribution in [1.29, 1.82) is 0 Å². The second-order valence-electron chi connectivity index (χ2n) is 29.1. The van der Waals surface area contributed by atoms with Gasteiger partial charge in [-0.25, -0.2) is 30.0 Å². The molecular formula is C87H93Cl3N26O11. The number of H-pyrrole nitrogens is 3. The normalized spacial score (nSPS) is 14.4. The molecule has 127 heavy (non-hydrogen) atoms. The minimum absolute atomic E-state index is 0.101. The molecule has 0 atom stereocenters. The lowest BCUT2D eigenvalue weighted by molar-refractivity contribution is -0.121. The fourth-order valence-electron chi connectivity index (χ4n) is 14.6. The van der Waals surface area contributed by atoms with Crippen LogP contribution in [-0.2, 0) is 24.4 Å². The highest BCUT2D eigenvalue weighted by Gasteiger charge is 2.30. The molecule has 1 amide bonds. The first-order valence-electron chi connectivity index (χ1n) is 40.9. The average Bonchev–Trinajstić information content (AvgIpc) is 1.23. The lowest BCUT2D eigenvalue weighted by Crippen LogP contribution is -2.56. The van der Waals surface area contributed by atoms with E-state index in [9.17, 15) is 4.79 Å². The second-order valence-corrected chi connectivity index (χ2v) is 30.4. The molecule has 4 aliphatic rings. The number of benzene rings is 6. The lowest BCUT2D eigenvalue weighted by Gasteiger charge is -2.40. The van der Waals surface area contributed by atoms with Gasteiger partial charge in [-0.15, -0.1) is 0 Å². The van der Waals surface area contributed by atoms with Crippen molar-refractivity contribution in [1.82, 2.24) is 90.1 Å². The maximum atomic E-state index is 11.8. The molecular weight excluding hydrogens is 1690 g/mol. The third-order valence-electron chi connectivity index (χ3n) is 21.1. The number of hydrogen-bond donors (Lipinski definition) is 7. The second kappa shape index (κ2) is 40.7. The number of carbonyl (C=O) groups excluding carboxylic acids is 1. The van der Waals surface area contributed by atoms with Crippen LogP contribution in [0.3, 0.4) is 0 Å². The highest BCUT2D eigenvalue weighted by Crippen LogP contribution is 2.44. The molecule has 7 N–H and O–H groups in total. The largest absolute Gasteiger partial charge is 0.493 e. The number of hydrogen-bond acceptors (Lipinski definition) is 33. The van der Waals surface area contributed by atoms with Crippen molar-refractivity contribution >= 4 is 121 Å². The van der Waals surface area contributed by atoms with Crippen LogP contribution in [0.1, 0.15) is 30.3 Å². The van der Waals surface area contributed by atoms with Crippen LogP contribution in [0.4, 0.5) is 46.9 Å². The Kier molecular flexibility index (Phi) is 27.7. The smallest absolute Gasteiger partial charge is 0.230 e. The SMILES string of the molecule is COc1cc(Cl)c(Oc2cc(NCc3nc4ccccc4[nH]3)nc(N3CCN(N4CCCC(=O)NC4)CC3)n2)cc1OC.COc1cc(Cl)c(Oc2cc(NCc3nc4ccccc4[nH]3)nc(N3CCN(c4ccncc4)CC3)n2)cc1OC.COc1ccnc(N2CCN(c3nc(NCc4nc5ccccc5[nH]4)cc(Oc4cc(OC)c(OC)cc4Cl)n3)CC2)n1. The number of nitrogens with one attached hydrogen (secondary N) is 7. The summed E-state index contributed by atoms with van der Waals surface area (Å²) >= 11 is 19.6. The summed E-state index contributed by atoms with van der Waals surface area (Å²) in [6.45, 7) is 11.4. The first-order valence-corrected chi connectivity index (χ1v) is 42.0. The van der Waals surface area contributed by atoms with Crippen molar-refractivity contribution in [3.63, 3.8) is 0 Å². The molecule has 4 saturated heterocycles. The molecule has 4 fully saturated rings. The fraction of sp³-hybridized carbons (Fsp3) is 0.299. The van der Waals surface area contributed by atoms with Crippen molar-refractivity contribution < 1.29 is 52.2 Å². The van der Waals surface area contributed by atoms with Gasteiger partial charge >= 0.3 is 0 Å². The van der Waals surface area contributed by atoms with Gasteiger partial charge in [-0.05, 0) is 55.0 Å². The van der Waals surface area contributed by atoms with E-state index in [0.717, 1.165) is 108 Å². The van der Waals surface area contributed by atoms with Crippen LogP contribution in [0, 0.1) is 0 Å². The van der Waals surface area contributed by atoms with Gasteiger partial charge in [0.2, 0.25) is 53.2 Å². The topological polar surface area (TPSA) is 382 Å². The molecule has 0 saturated carbocycles. The van der Waals surface area contributed by atoms with E-state index in [1.54, 1.807) is 117 Å². The summed E-state index contributed by atoms with van der Waals surface area (Å²) in [7, 11) is 10.9. The summed E-state index contributed by atoms with van der Waals surface area (Å²) in [6.07, 6.45) is 6.71. The van der Waals surface area contributed by atoms with Crippen LogP contribution in [0.5, 0.6) is 75.3 Å². The highest BCUT2D eigenvalue weighted by atomic mass is 35.5. The number of pyridine rings is 1. The lowest BCUT2D eigenvalue weighted by atomic mass is 10.3. The van der Waals surface area contributed by atoms with Crippen molar-refractivity contribution in [2.75, 3.05) is 182 Å². The molecule has 18 rings (SSSR count). The van der Waals surface area contributed by atoms with E-state index >= 15 is 0 Å². The Bertz CT molecular complexity index is 6020. The quantitative estimate of drug-likeness (QED) is 0.0239. The number of para-hydroxylation sites is 6. The Hall–Kier alpha value is -14.1. The molecule has 4 aliphatic heterocycles. The van der Waals surface area contributed by atoms with Crippen molar-refractivity contribution in [2.45, 2.75) is 32.5 Å². The molecule has 37 nitrogen and oxygen atoms in total. The van der Waals surface area contributed by atoms with Crippen LogP contribution in [-0.4, -0.2) is 232 Å². The van der Waals surface area contributed by atoms with Crippen LogP contribution >= 0.6 is 34.8 Å². The third kappa shape index (κ3) is 21.5. The first-order chi connectivity index (χ1) is 62.1. The molecule has 0 spiro atoms. The Labute approximate surface area is 745 Å². The fourth-order valence-corrected chi connectivity index (χ4v) is 15.2. The molecule has 658 valence electrons. The van der Waals surface area contributed by atoms with Gasteiger partial charge in [-0.1, -0.05) is 71.2 Å². The molecule has 0 aliphatic carbocycles. The van der Waals surface area contributed by atoms with Gasteiger partial charge < -0.3 is 108 Å². The Balaban J connectivity index is 0.000000140.